The number of likely N-dealkylation sites (tertiary alicyclic amines) is 1. The number of aliphatic hydroxyl groups is 1. The molecular weight excluding hydrogens is 454 g/mol. The molecule has 2 aliphatic rings. The van der Waals surface area contributed by atoms with Crippen molar-refractivity contribution in [2.45, 2.75) is 54.7 Å². The van der Waals surface area contributed by atoms with Gasteiger partial charge < -0.3 is 36.6 Å². The van der Waals surface area contributed by atoms with E-state index in [0.29, 0.717) is 0 Å². The van der Waals surface area contributed by atoms with E-state index in [9.17, 15) is 24.3 Å². The van der Waals surface area contributed by atoms with Gasteiger partial charge >= 0.3 is 11.9 Å². The van der Waals surface area contributed by atoms with Crippen LogP contribution >= 0.6 is 11.8 Å². The van der Waals surface area contributed by atoms with Crippen LogP contribution in [0.4, 0.5) is 0 Å². The van der Waals surface area contributed by atoms with Crippen LogP contribution in [0.5, 0.6) is 0 Å². The maximum absolute atomic E-state index is 12.5. The molecule has 184 valence electrons. The van der Waals surface area contributed by atoms with Gasteiger partial charge in [-0.3, -0.25) is 24.2 Å². The Bertz CT molecular complexity index is 808. The first-order valence-corrected chi connectivity index (χ1v) is 11.6. The van der Waals surface area contributed by atoms with Gasteiger partial charge in [0.05, 0.1) is 5.25 Å². The number of hydrogen-bond acceptors (Lipinski definition) is 9. The van der Waals surface area contributed by atoms with Crippen LogP contribution in [0.25, 0.3) is 0 Å². The molecule has 12 nitrogen and oxygen atoms in total. The molecule has 0 bridgehead atoms. The SMILES string of the molecule is CN1CCCC1C1(O)C=NC=CC1SCC(NC(=O)CCC(N)C(=O)O)C(=O)NCC(=O)O. The van der Waals surface area contributed by atoms with Crippen molar-refractivity contribution in [3.63, 3.8) is 0 Å². The second-order valence-electron chi connectivity index (χ2n) is 8.11. The van der Waals surface area contributed by atoms with E-state index < -0.39 is 53.2 Å². The standard InChI is InChI=1S/C20H31N5O7S/c1-25-8-2-3-14(25)20(32)11-22-7-6-15(20)33-10-13(18(29)23-9-17(27)28)24-16(26)5-4-12(21)19(30)31/h6-7,11-15,32H,2-5,8-10,21H2,1H3,(H,23,29)(H,24,26)(H,27,28)(H,30,31). The molecule has 2 amide bonds. The number of nitrogens with zero attached hydrogens (tertiary/aromatic N) is 2. The number of carbonyl (C=O) groups excluding carboxylic acids is 2. The Balaban J connectivity index is 2.06. The number of likely N-dealkylation sites (N-methyl/N-ethyl adjacent to an activating group) is 1. The normalized spacial score (nSPS) is 26.5. The summed E-state index contributed by atoms with van der Waals surface area (Å²) in [5.74, 6) is -3.72. The van der Waals surface area contributed by atoms with E-state index in [-0.39, 0.29) is 24.6 Å². The summed E-state index contributed by atoms with van der Waals surface area (Å²) < 4.78 is 0. The molecule has 0 radical (unpaired) electrons. The lowest BCUT2D eigenvalue weighted by Crippen LogP contribution is -2.57. The van der Waals surface area contributed by atoms with E-state index in [0.717, 1.165) is 19.4 Å². The van der Waals surface area contributed by atoms with Gasteiger partial charge in [0.15, 0.2) is 0 Å². The highest BCUT2D eigenvalue weighted by atomic mass is 32.2. The Kier molecular flexibility index (Phi) is 9.83. The van der Waals surface area contributed by atoms with Crippen LogP contribution in [0.3, 0.4) is 0 Å². The summed E-state index contributed by atoms with van der Waals surface area (Å²) in [6, 6.07) is -2.47. The van der Waals surface area contributed by atoms with Crippen molar-refractivity contribution in [2.75, 3.05) is 25.9 Å². The first-order chi connectivity index (χ1) is 15.5. The van der Waals surface area contributed by atoms with Gasteiger partial charge in [-0.1, -0.05) is 0 Å². The molecule has 7 N–H and O–H groups in total. The Morgan fingerprint density at radius 3 is 2.67 bits per heavy atom. The lowest BCUT2D eigenvalue weighted by molar-refractivity contribution is -0.139. The van der Waals surface area contributed by atoms with Crippen LogP contribution in [0.15, 0.2) is 17.3 Å². The molecule has 2 rings (SSSR count). The topological polar surface area (TPSA) is 195 Å². The average Bonchev–Trinajstić information content (AvgIpc) is 3.20. The Morgan fingerprint density at radius 2 is 2.06 bits per heavy atom. The van der Waals surface area contributed by atoms with E-state index in [1.54, 1.807) is 12.3 Å². The van der Waals surface area contributed by atoms with Crippen LogP contribution in [-0.2, 0) is 19.2 Å². The van der Waals surface area contributed by atoms with Crippen molar-refractivity contribution in [1.82, 2.24) is 15.5 Å². The minimum atomic E-state index is -1.27. The highest BCUT2D eigenvalue weighted by Gasteiger charge is 2.46. The molecule has 5 unspecified atom stereocenters. The number of hydrogen-bond donors (Lipinski definition) is 6. The van der Waals surface area contributed by atoms with Crippen LogP contribution in [0, 0.1) is 0 Å². The van der Waals surface area contributed by atoms with Crippen molar-refractivity contribution in [3.05, 3.63) is 12.3 Å². The molecule has 1 saturated heterocycles. The van der Waals surface area contributed by atoms with E-state index >= 15 is 0 Å². The third kappa shape index (κ3) is 7.52. The zero-order valence-corrected chi connectivity index (χ0v) is 19.2. The maximum atomic E-state index is 12.5. The van der Waals surface area contributed by atoms with Crippen LogP contribution < -0.4 is 16.4 Å². The van der Waals surface area contributed by atoms with Gasteiger partial charge in [0.2, 0.25) is 11.8 Å². The number of carbonyl (C=O) groups is 4. The molecule has 0 spiro atoms. The molecule has 0 aromatic rings. The number of nitrogens with one attached hydrogen (secondary N) is 2. The molecule has 0 aliphatic carbocycles. The van der Waals surface area contributed by atoms with Crippen molar-refractivity contribution >= 4 is 41.7 Å². The predicted molar refractivity (Wildman–Crippen MR) is 122 cm³/mol. The first-order valence-electron chi connectivity index (χ1n) is 10.6. The monoisotopic (exact) mass is 485 g/mol. The van der Waals surface area contributed by atoms with Crippen LogP contribution in [-0.4, -0.2) is 105 Å². The van der Waals surface area contributed by atoms with Crippen molar-refractivity contribution in [1.29, 1.82) is 0 Å². The summed E-state index contributed by atoms with van der Waals surface area (Å²) >= 11 is 1.24. The van der Waals surface area contributed by atoms with Crippen molar-refractivity contribution in [3.8, 4) is 0 Å². The Labute approximate surface area is 195 Å². The van der Waals surface area contributed by atoms with Gasteiger partial charge in [-0.2, -0.15) is 0 Å². The highest BCUT2D eigenvalue weighted by molar-refractivity contribution is 8.00. The lowest BCUT2D eigenvalue weighted by atomic mass is 9.88. The van der Waals surface area contributed by atoms with Gasteiger partial charge in [0.1, 0.15) is 24.2 Å². The fourth-order valence-corrected chi connectivity index (χ4v) is 5.12. The van der Waals surface area contributed by atoms with E-state index in [1.807, 2.05) is 7.05 Å². The number of amides is 2. The second-order valence-corrected chi connectivity index (χ2v) is 9.29. The molecule has 2 aliphatic heterocycles. The summed E-state index contributed by atoms with van der Waals surface area (Å²) in [5.41, 5.74) is 4.14. The number of carboxylic acid groups (broad SMARTS) is 2. The fourth-order valence-electron chi connectivity index (χ4n) is 3.82. The molecule has 33 heavy (non-hydrogen) atoms. The number of aliphatic carboxylic acids is 2. The summed E-state index contributed by atoms with van der Waals surface area (Å²) in [6.07, 6.45) is 6.19. The van der Waals surface area contributed by atoms with Gasteiger partial charge in [0, 0.05) is 30.6 Å². The molecular formula is C20H31N5O7S. The molecule has 0 aromatic heterocycles. The number of rotatable bonds is 12. The van der Waals surface area contributed by atoms with Crippen molar-refractivity contribution in [2.24, 2.45) is 10.7 Å². The van der Waals surface area contributed by atoms with E-state index in [1.165, 1.54) is 18.0 Å². The quantitative estimate of drug-likeness (QED) is 0.187. The first kappa shape index (κ1) is 26.8. The molecule has 13 heteroatoms. The average molecular weight is 486 g/mol. The van der Waals surface area contributed by atoms with Gasteiger partial charge in [0.25, 0.3) is 0 Å². The zero-order chi connectivity index (χ0) is 24.6. The third-order valence-electron chi connectivity index (χ3n) is 5.65. The maximum Gasteiger partial charge on any atom is 0.322 e. The predicted octanol–water partition coefficient (Wildman–Crippen LogP) is -1.61. The Hall–Kier alpha value is -2.48. The zero-order valence-electron chi connectivity index (χ0n) is 18.3. The summed E-state index contributed by atoms with van der Waals surface area (Å²) in [7, 11) is 1.92. The number of carboxylic acids is 2. The van der Waals surface area contributed by atoms with Gasteiger partial charge in [-0.05, 0) is 38.9 Å². The van der Waals surface area contributed by atoms with E-state index in [4.69, 9.17) is 15.9 Å². The molecule has 5 atom stereocenters. The molecule has 0 aromatic carbocycles. The number of nitrogens with two attached hydrogens (primary N) is 1. The van der Waals surface area contributed by atoms with Gasteiger partial charge in [-0.15, -0.1) is 11.8 Å². The van der Waals surface area contributed by atoms with Crippen LogP contribution in [0.1, 0.15) is 25.7 Å². The summed E-state index contributed by atoms with van der Waals surface area (Å²) in [4.78, 5) is 52.7. The number of aliphatic imine (C=N–C) groups is 1. The molecule has 1 fully saturated rings. The highest BCUT2D eigenvalue weighted by Crippen LogP contribution is 2.35. The lowest BCUT2D eigenvalue weighted by Gasteiger charge is -2.40. The fraction of sp³-hybridized carbons (Fsp3) is 0.650. The molecule has 0 saturated carbocycles. The van der Waals surface area contributed by atoms with E-state index in [2.05, 4.69) is 20.5 Å². The van der Waals surface area contributed by atoms with Crippen LogP contribution in [0.2, 0.25) is 0 Å². The summed E-state index contributed by atoms with van der Waals surface area (Å²) in [6.45, 7) is 0.225. The summed E-state index contributed by atoms with van der Waals surface area (Å²) in [5, 5.41) is 33.4. The Morgan fingerprint density at radius 1 is 1.33 bits per heavy atom. The third-order valence-corrected chi connectivity index (χ3v) is 7.07. The smallest absolute Gasteiger partial charge is 0.322 e. The minimum Gasteiger partial charge on any atom is -0.480 e. The second kappa shape index (κ2) is 12.1. The largest absolute Gasteiger partial charge is 0.480 e. The van der Waals surface area contributed by atoms with Crippen molar-refractivity contribution < 1.29 is 34.5 Å². The van der Waals surface area contributed by atoms with Gasteiger partial charge in [-0.25, -0.2) is 0 Å². The minimum absolute atomic E-state index is 0.0454. The molecule has 2 heterocycles. The number of thioether (sulfide) groups is 1.